The first-order valence-corrected chi connectivity index (χ1v) is 13.3. The lowest BCUT2D eigenvalue weighted by molar-refractivity contribution is -0.154. The Morgan fingerprint density at radius 2 is 1.85 bits per heavy atom. The van der Waals surface area contributed by atoms with Crippen molar-refractivity contribution in [1.29, 1.82) is 0 Å². The zero-order valence-electron chi connectivity index (χ0n) is 19.5. The molecule has 0 aliphatic heterocycles. The highest BCUT2D eigenvalue weighted by Gasteiger charge is 2.67. The van der Waals surface area contributed by atoms with Crippen LogP contribution in [0.1, 0.15) is 65.2 Å². The number of thioether (sulfide) groups is 1. The predicted molar refractivity (Wildman–Crippen MR) is 124 cm³/mol. The first-order valence-electron chi connectivity index (χ1n) is 12.1. The lowest BCUT2D eigenvalue weighted by atomic mass is 9.46. The van der Waals surface area contributed by atoms with Gasteiger partial charge in [-0.15, -0.1) is 0 Å². The number of hydrogen-bond acceptors (Lipinski definition) is 7. The first kappa shape index (κ1) is 24.9. The zero-order chi connectivity index (χ0) is 24.2. The Balaban J connectivity index is 1.54. The molecule has 33 heavy (non-hydrogen) atoms. The third kappa shape index (κ3) is 3.91. The number of carbonyl (C=O) groups is 3. The molecule has 0 aromatic rings. The van der Waals surface area contributed by atoms with Gasteiger partial charge in [0.1, 0.15) is 5.78 Å². The molecule has 0 radical (unpaired) electrons. The molecule has 4 rings (SSSR count). The van der Waals surface area contributed by atoms with E-state index in [1.165, 1.54) is 11.8 Å². The monoisotopic (exact) mass is 480 g/mol. The second-order valence-electron chi connectivity index (χ2n) is 11.1. The van der Waals surface area contributed by atoms with E-state index in [-0.39, 0.29) is 41.5 Å². The molecule has 8 atom stereocenters. The molecular weight excluding hydrogens is 444 g/mol. The molecule has 4 aliphatic rings. The summed E-state index contributed by atoms with van der Waals surface area (Å²) < 4.78 is 0. The van der Waals surface area contributed by atoms with Crippen LogP contribution in [0.2, 0.25) is 0 Å². The summed E-state index contributed by atoms with van der Waals surface area (Å²) in [5.41, 5.74) is -1.65. The van der Waals surface area contributed by atoms with Gasteiger partial charge in [0.15, 0.2) is 5.78 Å². The first-order chi connectivity index (χ1) is 15.4. The number of carboxylic acid groups (broad SMARTS) is 1. The Bertz CT molecular complexity index is 871. The molecule has 7 nitrogen and oxygen atoms in total. The molecule has 8 heteroatoms. The average Bonchev–Trinajstić information content (AvgIpc) is 3.01. The molecule has 3 fully saturated rings. The van der Waals surface area contributed by atoms with Crippen LogP contribution in [0.15, 0.2) is 11.6 Å². The second kappa shape index (κ2) is 8.77. The van der Waals surface area contributed by atoms with Gasteiger partial charge < -0.3 is 20.4 Å². The summed E-state index contributed by atoms with van der Waals surface area (Å²) in [5, 5.41) is 41.4. The van der Waals surface area contributed by atoms with Crippen LogP contribution in [0, 0.1) is 28.6 Å². The molecule has 0 aromatic heterocycles. The van der Waals surface area contributed by atoms with Gasteiger partial charge in [0.25, 0.3) is 0 Å². The van der Waals surface area contributed by atoms with Crippen molar-refractivity contribution in [1.82, 2.24) is 0 Å². The molecule has 0 heterocycles. The molecule has 4 aliphatic carbocycles. The van der Waals surface area contributed by atoms with Crippen LogP contribution in [0.3, 0.4) is 0 Å². The second-order valence-corrected chi connectivity index (χ2v) is 12.2. The number of allylic oxidation sites excluding steroid dienone is 1. The molecule has 0 amide bonds. The van der Waals surface area contributed by atoms with Gasteiger partial charge in [-0.1, -0.05) is 13.8 Å². The lowest BCUT2D eigenvalue weighted by Gasteiger charge is -2.59. The number of fused-ring (bicyclic) bond motifs is 5. The van der Waals surface area contributed by atoms with Gasteiger partial charge >= 0.3 is 5.97 Å². The number of carbonyl (C=O) groups excluding carboxylic acids is 2. The van der Waals surface area contributed by atoms with Crippen LogP contribution in [0.25, 0.3) is 0 Å². The maximum atomic E-state index is 13.2. The summed E-state index contributed by atoms with van der Waals surface area (Å²) in [6, 6.07) is 0. The van der Waals surface area contributed by atoms with Crippen molar-refractivity contribution >= 4 is 29.3 Å². The maximum Gasteiger partial charge on any atom is 0.313 e. The van der Waals surface area contributed by atoms with Gasteiger partial charge in [-0.3, -0.25) is 14.4 Å². The Morgan fingerprint density at radius 1 is 1.12 bits per heavy atom. The van der Waals surface area contributed by atoms with Crippen molar-refractivity contribution in [3.05, 3.63) is 11.6 Å². The van der Waals surface area contributed by atoms with E-state index in [0.717, 1.165) is 12.0 Å². The number of ketones is 2. The minimum absolute atomic E-state index is 0.0319. The predicted octanol–water partition coefficient (Wildman–Crippen LogP) is 2.36. The van der Waals surface area contributed by atoms with Gasteiger partial charge in [0.05, 0.1) is 23.6 Å². The number of aliphatic carboxylic acids is 1. The van der Waals surface area contributed by atoms with E-state index in [2.05, 4.69) is 0 Å². The number of carboxylic acids is 1. The molecule has 4 N–H and O–H groups in total. The van der Waals surface area contributed by atoms with Crippen molar-refractivity contribution in [2.24, 2.45) is 28.6 Å². The number of hydrogen-bond donors (Lipinski definition) is 4. The van der Waals surface area contributed by atoms with Gasteiger partial charge in [-0.05, 0) is 73.7 Å². The van der Waals surface area contributed by atoms with Crippen LogP contribution in [0.5, 0.6) is 0 Å². The molecular formula is C25H36O7S. The summed E-state index contributed by atoms with van der Waals surface area (Å²) in [6.45, 7) is 4.00. The Hall–Kier alpha value is -1.22. The summed E-state index contributed by atoms with van der Waals surface area (Å²) in [6.07, 6.45) is 3.82. The minimum Gasteiger partial charge on any atom is -0.481 e. The highest BCUT2D eigenvalue weighted by Crippen LogP contribution is 2.67. The fraction of sp³-hybridized carbons (Fsp3) is 0.800. The minimum atomic E-state index is -1.22. The van der Waals surface area contributed by atoms with Crippen molar-refractivity contribution in [3.8, 4) is 0 Å². The van der Waals surface area contributed by atoms with E-state index in [1.807, 2.05) is 13.8 Å². The largest absolute Gasteiger partial charge is 0.481 e. The topological polar surface area (TPSA) is 132 Å². The standard InChI is InChI=1S/C25H36O7S/c1-23-12-21(29)20(28)11-17(23)19(27)10-16-14(23)5-7-24(2)15(6-8-25(16,24)32)18(26)4-3-9-33-13-22(30)31/h10,14-15,17,20-21,28-29,32H,3-9,11-13H2,1-2H3,(H,30,31)/t14?,15-,17+,20-,21+,23-,24-,25-/m1/s1. The van der Waals surface area contributed by atoms with Crippen molar-refractivity contribution in [3.63, 3.8) is 0 Å². The van der Waals surface area contributed by atoms with Crippen molar-refractivity contribution < 1.29 is 34.8 Å². The molecule has 0 spiro atoms. The highest BCUT2D eigenvalue weighted by molar-refractivity contribution is 7.99. The Labute approximate surface area is 199 Å². The van der Waals surface area contributed by atoms with Gasteiger partial charge in [-0.25, -0.2) is 0 Å². The van der Waals surface area contributed by atoms with Crippen LogP contribution < -0.4 is 0 Å². The van der Waals surface area contributed by atoms with Crippen LogP contribution in [-0.2, 0) is 14.4 Å². The third-order valence-corrected chi connectivity index (χ3v) is 10.5. The number of aliphatic hydroxyl groups is 3. The molecule has 0 bridgehead atoms. The van der Waals surface area contributed by atoms with Crippen LogP contribution in [0.4, 0.5) is 0 Å². The molecule has 0 aromatic carbocycles. The van der Waals surface area contributed by atoms with E-state index in [1.54, 1.807) is 6.08 Å². The Kier molecular flexibility index (Phi) is 6.62. The third-order valence-electron chi connectivity index (χ3n) is 9.44. The lowest BCUT2D eigenvalue weighted by Crippen LogP contribution is -2.61. The normalized spacial score (nSPS) is 44.5. The SMILES string of the molecule is C[C@]12C[C@H](O)[C@H](O)C[C@H]1C(=O)C=C1C2CC[C@]2(C)[C@@H](C(=O)CCCSCC(=O)O)CC[C@@]12O. The smallest absolute Gasteiger partial charge is 0.313 e. The van der Waals surface area contributed by atoms with Gasteiger partial charge in [0.2, 0.25) is 0 Å². The molecule has 1 unspecified atom stereocenters. The number of Topliss-reactive ketones (excluding diaryl/α,β-unsaturated/α-hetero) is 1. The summed E-state index contributed by atoms with van der Waals surface area (Å²) in [7, 11) is 0. The van der Waals surface area contributed by atoms with Crippen LogP contribution >= 0.6 is 11.8 Å². The zero-order valence-corrected chi connectivity index (χ0v) is 20.3. The van der Waals surface area contributed by atoms with E-state index in [9.17, 15) is 29.7 Å². The van der Waals surface area contributed by atoms with E-state index >= 15 is 0 Å². The Morgan fingerprint density at radius 3 is 2.55 bits per heavy atom. The van der Waals surface area contributed by atoms with Gasteiger partial charge in [0, 0.05) is 23.7 Å². The summed E-state index contributed by atoms with van der Waals surface area (Å²) >= 11 is 1.31. The average molecular weight is 481 g/mol. The molecule has 184 valence electrons. The fourth-order valence-corrected chi connectivity index (χ4v) is 8.24. The maximum absolute atomic E-state index is 13.2. The van der Waals surface area contributed by atoms with E-state index in [4.69, 9.17) is 5.11 Å². The molecule has 0 saturated heterocycles. The fourth-order valence-electron chi connectivity index (χ4n) is 7.57. The highest BCUT2D eigenvalue weighted by atomic mass is 32.2. The van der Waals surface area contributed by atoms with E-state index < -0.39 is 34.6 Å². The summed E-state index contributed by atoms with van der Waals surface area (Å²) in [5.74, 6) is -0.883. The number of aliphatic hydroxyl groups excluding tert-OH is 2. The van der Waals surface area contributed by atoms with Crippen molar-refractivity contribution in [2.75, 3.05) is 11.5 Å². The van der Waals surface area contributed by atoms with Crippen LogP contribution in [-0.4, -0.2) is 67.3 Å². The quantitative estimate of drug-likeness (QED) is 0.408. The van der Waals surface area contributed by atoms with Gasteiger partial charge in [-0.2, -0.15) is 11.8 Å². The number of rotatable bonds is 7. The van der Waals surface area contributed by atoms with Crippen molar-refractivity contribution in [2.45, 2.75) is 83.0 Å². The van der Waals surface area contributed by atoms with E-state index in [0.29, 0.717) is 44.3 Å². The molecule has 3 saturated carbocycles. The summed E-state index contributed by atoms with van der Waals surface area (Å²) in [4.78, 5) is 37.0.